The van der Waals surface area contributed by atoms with Crippen molar-refractivity contribution in [2.24, 2.45) is 0 Å². The van der Waals surface area contributed by atoms with Crippen LogP contribution in [0.15, 0.2) is 60.8 Å². The zero-order valence-corrected chi connectivity index (χ0v) is 19.5. The summed E-state index contributed by atoms with van der Waals surface area (Å²) in [7, 11) is 0. The van der Waals surface area contributed by atoms with Gasteiger partial charge in [-0.1, -0.05) is 30.3 Å². The van der Waals surface area contributed by atoms with E-state index in [0.29, 0.717) is 5.69 Å². The largest absolute Gasteiger partial charge is 0.416 e. The number of nitrogens with two attached hydrogens (primary N) is 1. The molecule has 4 nitrogen and oxygen atoms in total. The second-order valence-electron chi connectivity index (χ2n) is 8.87. The average Bonchev–Trinajstić information content (AvgIpc) is 2.83. The summed E-state index contributed by atoms with van der Waals surface area (Å²) in [5, 5.41) is 0. The number of nitrogen functional groups attached to an aromatic ring is 1. The van der Waals surface area contributed by atoms with Crippen molar-refractivity contribution in [2.45, 2.75) is 32.4 Å². The summed E-state index contributed by atoms with van der Waals surface area (Å²) in [6, 6.07) is 15.8. The minimum absolute atomic E-state index is 0.591. The fourth-order valence-corrected chi connectivity index (χ4v) is 4.56. The second-order valence-corrected chi connectivity index (χ2v) is 8.87. The first-order valence-electron chi connectivity index (χ1n) is 11.8. The van der Waals surface area contributed by atoms with Crippen LogP contribution in [0, 0.1) is 6.92 Å². The van der Waals surface area contributed by atoms with E-state index in [1.165, 1.54) is 17.7 Å². The lowest BCUT2D eigenvalue weighted by atomic mass is 9.98. The van der Waals surface area contributed by atoms with Crippen molar-refractivity contribution < 1.29 is 13.2 Å². The Kier molecular flexibility index (Phi) is 7.41. The minimum Gasteiger partial charge on any atom is -0.397 e. The number of nitrogens with zero attached hydrogens (tertiary/aromatic N) is 3. The van der Waals surface area contributed by atoms with Gasteiger partial charge in [-0.3, -0.25) is 9.88 Å². The van der Waals surface area contributed by atoms with Crippen LogP contribution in [-0.4, -0.2) is 42.6 Å². The number of hydrogen-bond acceptors (Lipinski definition) is 4. The Morgan fingerprint density at radius 2 is 1.68 bits per heavy atom. The Morgan fingerprint density at radius 3 is 2.41 bits per heavy atom. The summed E-state index contributed by atoms with van der Waals surface area (Å²) in [6.45, 7) is 6.21. The lowest BCUT2D eigenvalue weighted by Gasteiger charge is -2.36. The van der Waals surface area contributed by atoms with Gasteiger partial charge in [-0.2, -0.15) is 13.2 Å². The number of aryl methyl sites for hydroxylation is 2. The van der Waals surface area contributed by atoms with Crippen molar-refractivity contribution in [1.82, 2.24) is 9.88 Å². The van der Waals surface area contributed by atoms with E-state index in [4.69, 9.17) is 5.73 Å². The van der Waals surface area contributed by atoms with E-state index in [1.807, 2.05) is 29.3 Å². The zero-order chi connectivity index (χ0) is 24.1. The van der Waals surface area contributed by atoms with E-state index in [2.05, 4.69) is 28.9 Å². The second kappa shape index (κ2) is 10.5. The summed E-state index contributed by atoms with van der Waals surface area (Å²) in [5.41, 5.74) is 11.6. The number of unbranched alkanes of at least 4 members (excludes halogenated alkanes) is 1. The normalized spacial score (nSPS) is 15.0. The monoisotopic (exact) mass is 468 g/mol. The highest BCUT2D eigenvalue weighted by atomic mass is 19.4. The number of hydrogen-bond donors (Lipinski definition) is 1. The van der Waals surface area contributed by atoms with Gasteiger partial charge in [0.15, 0.2) is 0 Å². The Bertz CT molecular complexity index is 1110. The molecule has 1 saturated heterocycles. The molecule has 180 valence electrons. The van der Waals surface area contributed by atoms with Gasteiger partial charge in [-0.05, 0) is 68.1 Å². The van der Waals surface area contributed by atoms with Crippen LogP contribution in [0.1, 0.15) is 29.7 Å². The molecule has 0 amide bonds. The van der Waals surface area contributed by atoms with Crippen LogP contribution in [0.3, 0.4) is 0 Å². The first kappa shape index (κ1) is 24.1. The number of alkyl halides is 3. The Balaban J connectivity index is 1.25. The van der Waals surface area contributed by atoms with Gasteiger partial charge in [-0.25, -0.2) is 0 Å². The summed E-state index contributed by atoms with van der Waals surface area (Å²) >= 11 is 0. The molecule has 0 saturated carbocycles. The van der Waals surface area contributed by atoms with Gasteiger partial charge in [-0.15, -0.1) is 0 Å². The summed E-state index contributed by atoms with van der Waals surface area (Å²) < 4.78 is 39.0. The molecular formula is C27H31F3N4. The molecule has 0 aliphatic carbocycles. The number of benzene rings is 2. The molecule has 0 unspecified atom stereocenters. The lowest BCUT2D eigenvalue weighted by Crippen LogP contribution is -2.46. The van der Waals surface area contributed by atoms with E-state index in [9.17, 15) is 13.2 Å². The van der Waals surface area contributed by atoms with E-state index in [1.54, 1.807) is 6.07 Å². The topological polar surface area (TPSA) is 45.4 Å². The molecule has 0 atom stereocenters. The standard InChI is InChI=1S/C27H31F3N4/c1-20-7-2-3-10-23(20)24-12-13-32-25(26(24)31)11-4-5-14-33-15-17-34(18-16-33)22-9-6-8-21(19-22)27(28,29)30/h2-3,6-10,12-13,19H,4-5,11,14-18,31H2,1H3. The molecule has 1 aliphatic heterocycles. The van der Waals surface area contributed by atoms with Crippen LogP contribution in [-0.2, 0) is 12.6 Å². The molecule has 2 heterocycles. The lowest BCUT2D eigenvalue weighted by molar-refractivity contribution is -0.137. The third kappa shape index (κ3) is 5.70. The quantitative estimate of drug-likeness (QED) is 0.445. The number of rotatable bonds is 7. The highest BCUT2D eigenvalue weighted by molar-refractivity contribution is 5.79. The first-order valence-corrected chi connectivity index (χ1v) is 11.8. The van der Waals surface area contributed by atoms with Gasteiger partial charge in [0.05, 0.1) is 16.9 Å². The molecule has 4 rings (SSSR count). The molecule has 0 spiro atoms. The van der Waals surface area contributed by atoms with Crippen molar-refractivity contribution in [3.63, 3.8) is 0 Å². The van der Waals surface area contributed by atoms with Crippen molar-refractivity contribution >= 4 is 11.4 Å². The number of anilines is 2. The molecule has 0 bridgehead atoms. The smallest absolute Gasteiger partial charge is 0.397 e. The average molecular weight is 469 g/mol. The SMILES string of the molecule is Cc1ccccc1-c1ccnc(CCCCN2CCN(c3cccc(C(F)(F)F)c3)CC2)c1N. The van der Waals surface area contributed by atoms with Gasteiger partial charge in [0.2, 0.25) is 0 Å². The number of halogens is 3. The molecular weight excluding hydrogens is 437 g/mol. The van der Waals surface area contributed by atoms with Crippen LogP contribution in [0.2, 0.25) is 0 Å². The van der Waals surface area contributed by atoms with Crippen molar-refractivity contribution in [3.05, 3.63) is 77.6 Å². The summed E-state index contributed by atoms with van der Waals surface area (Å²) in [4.78, 5) is 8.94. The Labute approximate surface area is 199 Å². The molecule has 3 aromatic rings. The molecule has 2 aromatic carbocycles. The van der Waals surface area contributed by atoms with Gasteiger partial charge in [0, 0.05) is 43.6 Å². The number of aromatic nitrogens is 1. The van der Waals surface area contributed by atoms with Crippen LogP contribution in [0.25, 0.3) is 11.1 Å². The fraction of sp³-hybridized carbons (Fsp3) is 0.370. The maximum absolute atomic E-state index is 13.0. The summed E-state index contributed by atoms with van der Waals surface area (Å²) in [6.07, 6.45) is 0.368. The van der Waals surface area contributed by atoms with E-state index in [-0.39, 0.29) is 0 Å². The van der Waals surface area contributed by atoms with Gasteiger partial charge < -0.3 is 10.6 Å². The van der Waals surface area contributed by atoms with Gasteiger partial charge in [0.25, 0.3) is 0 Å². The Morgan fingerprint density at radius 1 is 0.912 bits per heavy atom. The highest BCUT2D eigenvalue weighted by Crippen LogP contribution is 2.32. The highest BCUT2D eigenvalue weighted by Gasteiger charge is 2.31. The zero-order valence-electron chi connectivity index (χ0n) is 19.5. The Hall–Kier alpha value is -3.06. The number of pyridine rings is 1. The van der Waals surface area contributed by atoms with Crippen molar-refractivity contribution in [2.75, 3.05) is 43.4 Å². The van der Waals surface area contributed by atoms with E-state index in [0.717, 1.165) is 80.6 Å². The molecule has 2 N–H and O–H groups in total. The fourth-order valence-electron chi connectivity index (χ4n) is 4.56. The predicted molar refractivity (Wildman–Crippen MR) is 132 cm³/mol. The first-order chi connectivity index (χ1) is 16.3. The van der Waals surface area contributed by atoms with Crippen molar-refractivity contribution in [1.29, 1.82) is 0 Å². The van der Waals surface area contributed by atoms with Gasteiger partial charge >= 0.3 is 6.18 Å². The third-order valence-electron chi connectivity index (χ3n) is 6.56. The van der Waals surface area contributed by atoms with E-state index >= 15 is 0 Å². The maximum atomic E-state index is 13.0. The van der Waals surface area contributed by atoms with Crippen LogP contribution in [0.4, 0.5) is 24.5 Å². The molecule has 1 aliphatic rings. The summed E-state index contributed by atoms with van der Waals surface area (Å²) in [5.74, 6) is 0. The number of piperazine rings is 1. The molecule has 0 radical (unpaired) electrons. The van der Waals surface area contributed by atoms with Gasteiger partial charge in [0.1, 0.15) is 0 Å². The predicted octanol–water partition coefficient (Wildman–Crippen LogP) is 5.80. The molecule has 7 heteroatoms. The van der Waals surface area contributed by atoms with Crippen LogP contribution >= 0.6 is 0 Å². The molecule has 34 heavy (non-hydrogen) atoms. The minimum atomic E-state index is -4.31. The van der Waals surface area contributed by atoms with Crippen LogP contribution in [0.5, 0.6) is 0 Å². The third-order valence-corrected chi connectivity index (χ3v) is 6.56. The van der Waals surface area contributed by atoms with Crippen LogP contribution < -0.4 is 10.6 Å². The molecule has 1 aromatic heterocycles. The van der Waals surface area contributed by atoms with E-state index < -0.39 is 11.7 Å². The maximum Gasteiger partial charge on any atom is 0.416 e. The van der Waals surface area contributed by atoms with Crippen molar-refractivity contribution in [3.8, 4) is 11.1 Å². The molecule has 1 fully saturated rings.